The lowest BCUT2D eigenvalue weighted by atomic mass is 9.98. The molecule has 29 heavy (non-hydrogen) atoms. The zero-order valence-corrected chi connectivity index (χ0v) is 16.6. The Hall–Kier alpha value is -2.82. The molecule has 154 valence electrons. The number of carbonyl (C=O) groups excluding carboxylic acids is 2. The first kappa shape index (κ1) is 20.9. The molecule has 1 aromatic carbocycles. The second-order valence-electron chi connectivity index (χ2n) is 6.92. The number of anilines is 1. The fourth-order valence-electron chi connectivity index (χ4n) is 2.77. The molecule has 0 saturated heterocycles. The largest absolute Gasteiger partial charge is 0.432 e. The van der Waals surface area contributed by atoms with Crippen LogP contribution in [-0.2, 0) is 9.59 Å². The number of amides is 2. The number of rotatable bonds is 5. The molecule has 7 nitrogen and oxygen atoms in total. The van der Waals surface area contributed by atoms with Crippen LogP contribution in [-0.4, -0.2) is 34.4 Å². The van der Waals surface area contributed by atoms with E-state index < -0.39 is 29.6 Å². The monoisotopic (exact) mass is 425 g/mol. The lowest BCUT2D eigenvalue weighted by Gasteiger charge is -2.14. The quantitative estimate of drug-likeness (QED) is 0.585. The average Bonchev–Trinajstić information content (AvgIpc) is 3.19. The molecular formula is C18H18F3N5O2S. The maximum atomic E-state index is 13.5. The van der Waals surface area contributed by atoms with E-state index in [4.69, 9.17) is 0 Å². The maximum Gasteiger partial charge on any atom is 0.432 e. The van der Waals surface area contributed by atoms with Crippen molar-refractivity contribution < 1.29 is 22.8 Å². The van der Waals surface area contributed by atoms with E-state index in [9.17, 15) is 22.8 Å². The fraction of sp³-hybridized carbons (Fsp3) is 0.389. The highest BCUT2D eigenvalue weighted by molar-refractivity contribution is 7.22. The summed E-state index contributed by atoms with van der Waals surface area (Å²) in [7, 11) is 0. The number of para-hydroxylation sites is 1. The van der Waals surface area contributed by atoms with Crippen LogP contribution in [0, 0.1) is 11.8 Å². The van der Waals surface area contributed by atoms with Crippen LogP contribution in [0.5, 0.6) is 0 Å². The molecule has 2 heterocycles. The van der Waals surface area contributed by atoms with Crippen molar-refractivity contribution in [1.82, 2.24) is 10.4 Å². The first-order chi connectivity index (χ1) is 13.6. The average molecular weight is 425 g/mol. The van der Waals surface area contributed by atoms with Gasteiger partial charge in [0, 0.05) is 6.42 Å². The summed E-state index contributed by atoms with van der Waals surface area (Å²) in [6, 6.07) is 6.94. The highest BCUT2D eigenvalue weighted by Gasteiger charge is 2.52. The second-order valence-corrected chi connectivity index (χ2v) is 7.93. The van der Waals surface area contributed by atoms with Gasteiger partial charge in [0.1, 0.15) is 5.92 Å². The van der Waals surface area contributed by atoms with Crippen molar-refractivity contribution in [2.75, 3.05) is 5.01 Å². The number of halogens is 3. The summed E-state index contributed by atoms with van der Waals surface area (Å²) in [6.45, 7) is 4.89. The number of hydrazone groups is 2. The van der Waals surface area contributed by atoms with Crippen LogP contribution >= 0.6 is 11.3 Å². The third-order valence-electron chi connectivity index (χ3n) is 4.06. The minimum absolute atomic E-state index is 0.0390. The van der Waals surface area contributed by atoms with E-state index in [1.807, 2.05) is 13.8 Å². The lowest BCUT2D eigenvalue weighted by molar-refractivity contribution is -0.122. The van der Waals surface area contributed by atoms with Crippen molar-refractivity contribution in [1.29, 1.82) is 0 Å². The predicted octanol–water partition coefficient (Wildman–Crippen LogP) is 3.72. The molecular weight excluding hydrogens is 407 g/mol. The Labute approximate surface area is 168 Å². The van der Waals surface area contributed by atoms with Gasteiger partial charge in [-0.3, -0.25) is 9.59 Å². The van der Waals surface area contributed by atoms with Gasteiger partial charge in [0.05, 0.1) is 15.9 Å². The Bertz CT molecular complexity index is 979. The Balaban J connectivity index is 1.92. The molecule has 0 aliphatic carbocycles. The van der Waals surface area contributed by atoms with E-state index in [1.54, 1.807) is 24.3 Å². The molecule has 0 spiro atoms. The normalized spacial score (nSPS) is 18.0. The molecule has 11 heteroatoms. The summed E-state index contributed by atoms with van der Waals surface area (Å²) in [4.78, 5) is 28.7. The summed E-state index contributed by atoms with van der Waals surface area (Å²) in [6.07, 6.45) is -4.68. The molecule has 2 aromatic rings. The van der Waals surface area contributed by atoms with E-state index in [2.05, 4.69) is 20.6 Å². The third-order valence-corrected chi connectivity index (χ3v) is 5.07. The summed E-state index contributed by atoms with van der Waals surface area (Å²) >= 11 is 1.06. The van der Waals surface area contributed by atoms with Crippen molar-refractivity contribution >= 4 is 49.9 Å². The van der Waals surface area contributed by atoms with Crippen molar-refractivity contribution in [2.24, 2.45) is 22.0 Å². The molecule has 1 aromatic heterocycles. The number of alkyl halides is 3. The van der Waals surface area contributed by atoms with Gasteiger partial charge in [0.2, 0.25) is 11.0 Å². The van der Waals surface area contributed by atoms with E-state index >= 15 is 0 Å². The van der Waals surface area contributed by atoms with Crippen LogP contribution < -0.4 is 10.4 Å². The number of fused-ring (bicyclic) bond motifs is 1. The molecule has 2 amide bonds. The maximum absolute atomic E-state index is 13.5. The van der Waals surface area contributed by atoms with Crippen LogP contribution in [0.3, 0.4) is 0 Å². The van der Waals surface area contributed by atoms with Gasteiger partial charge < -0.3 is 0 Å². The number of benzene rings is 1. The fourth-order valence-corrected chi connectivity index (χ4v) is 3.69. The molecule has 0 fully saturated rings. The predicted molar refractivity (Wildman–Crippen MR) is 105 cm³/mol. The molecule has 3 rings (SSSR count). The van der Waals surface area contributed by atoms with Crippen molar-refractivity contribution in [3.8, 4) is 0 Å². The highest BCUT2D eigenvalue weighted by atomic mass is 32.1. The van der Waals surface area contributed by atoms with Crippen LogP contribution in [0.1, 0.15) is 27.2 Å². The second kappa shape index (κ2) is 7.90. The van der Waals surface area contributed by atoms with Crippen molar-refractivity contribution in [2.45, 2.75) is 33.4 Å². The number of hydrogen-bond donors (Lipinski definition) is 1. The highest BCUT2D eigenvalue weighted by Crippen LogP contribution is 2.36. The van der Waals surface area contributed by atoms with Gasteiger partial charge in [-0.05, 0) is 25.0 Å². The minimum atomic E-state index is -4.84. The van der Waals surface area contributed by atoms with Crippen LogP contribution in [0.2, 0.25) is 0 Å². The van der Waals surface area contributed by atoms with Crippen LogP contribution in [0.4, 0.5) is 18.3 Å². The number of thiazole rings is 1. The standard InChI is InChI=1S/C18H18F3N5O2S/c1-9(2)8-13(27)24-23-10(3)14-15(18(19,20)21)25-26(16(14)28)17-22-11-6-4-5-7-12(11)29-17/h4-7,9,14H,8H2,1-3H3,(H,24,27). The Morgan fingerprint density at radius 2 is 2.03 bits per heavy atom. The summed E-state index contributed by atoms with van der Waals surface area (Å²) in [5.74, 6) is -3.06. The van der Waals surface area contributed by atoms with Crippen molar-refractivity contribution in [3.05, 3.63) is 24.3 Å². The number of aromatic nitrogens is 1. The molecule has 1 aliphatic heterocycles. The number of nitrogens with one attached hydrogen (secondary N) is 1. The van der Waals surface area contributed by atoms with E-state index in [1.165, 1.54) is 6.92 Å². The first-order valence-electron chi connectivity index (χ1n) is 8.76. The number of nitrogens with zero attached hydrogens (tertiary/aromatic N) is 4. The van der Waals surface area contributed by atoms with Crippen molar-refractivity contribution in [3.63, 3.8) is 0 Å². The van der Waals surface area contributed by atoms with E-state index in [0.29, 0.717) is 15.2 Å². The molecule has 0 radical (unpaired) electrons. The topological polar surface area (TPSA) is 87.0 Å². The Morgan fingerprint density at radius 3 is 2.66 bits per heavy atom. The Morgan fingerprint density at radius 1 is 1.34 bits per heavy atom. The molecule has 0 saturated carbocycles. The van der Waals surface area contributed by atoms with Crippen LogP contribution in [0.15, 0.2) is 34.5 Å². The Kier molecular flexibility index (Phi) is 5.69. The first-order valence-corrected chi connectivity index (χ1v) is 9.58. The SMILES string of the molecule is CC(=NNC(=O)CC(C)C)C1C(=O)N(c2nc3ccccc3s2)N=C1C(F)(F)F. The number of carbonyl (C=O) groups is 2. The van der Waals surface area contributed by atoms with E-state index in [-0.39, 0.29) is 23.2 Å². The molecule has 1 atom stereocenters. The zero-order chi connectivity index (χ0) is 21.3. The summed E-state index contributed by atoms with van der Waals surface area (Å²) in [5.41, 5.74) is 1.26. The molecule has 0 bridgehead atoms. The number of hydrogen-bond acceptors (Lipinski definition) is 6. The van der Waals surface area contributed by atoms with Gasteiger partial charge in [-0.1, -0.05) is 37.3 Å². The molecule has 1 N–H and O–H groups in total. The smallest absolute Gasteiger partial charge is 0.273 e. The van der Waals surface area contributed by atoms with Gasteiger partial charge in [0.15, 0.2) is 5.71 Å². The van der Waals surface area contributed by atoms with Gasteiger partial charge in [0.25, 0.3) is 5.91 Å². The molecule has 1 aliphatic rings. The molecule has 1 unspecified atom stereocenters. The van der Waals surface area contributed by atoms with Crippen LogP contribution in [0.25, 0.3) is 10.2 Å². The minimum Gasteiger partial charge on any atom is -0.273 e. The third kappa shape index (κ3) is 4.44. The van der Waals surface area contributed by atoms with Gasteiger partial charge in [-0.2, -0.15) is 28.4 Å². The summed E-state index contributed by atoms with van der Waals surface area (Å²) < 4.78 is 41.3. The summed E-state index contributed by atoms with van der Waals surface area (Å²) in [5, 5.41) is 7.93. The zero-order valence-electron chi connectivity index (χ0n) is 15.8. The lowest BCUT2D eigenvalue weighted by Crippen LogP contribution is -2.38. The van der Waals surface area contributed by atoms with Gasteiger partial charge >= 0.3 is 6.18 Å². The van der Waals surface area contributed by atoms with Gasteiger partial charge in [-0.15, -0.1) is 0 Å². The van der Waals surface area contributed by atoms with Gasteiger partial charge in [-0.25, -0.2) is 10.4 Å². The van der Waals surface area contributed by atoms with E-state index in [0.717, 1.165) is 11.3 Å².